The zero-order valence-electron chi connectivity index (χ0n) is 23.8. The molecule has 0 unspecified atom stereocenters. The Morgan fingerprint density at radius 3 is 2.55 bits per heavy atom. The summed E-state index contributed by atoms with van der Waals surface area (Å²) in [5, 5.41) is 10.8. The van der Waals surface area contributed by atoms with Gasteiger partial charge >= 0.3 is 0 Å². The number of ether oxygens (including phenoxy) is 1. The fraction of sp³-hybridized carbons (Fsp3) is 0.364. The average Bonchev–Trinajstić information content (AvgIpc) is 3.41. The largest absolute Gasteiger partial charge is 0.508 e. The van der Waals surface area contributed by atoms with Crippen LogP contribution in [-0.2, 0) is 13.6 Å². The first kappa shape index (κ1) is 25.3. The molecule has 0 radical (unpaired) electrons. The Morgan fingerprint density at radius 1 is 1.05 bits per heavy atom. The van der Waals surface area contributed by atoms with Gasteiger partial charge in [-0.1, -0.05) is 0 Å². The molecule has 5 aromatic rings. The highest BCUT2D eigenvalue weighted by atomic mass is 16.5. The lowest BCUT2D eigenvalue weighted by atomic mass is 10.1. The highest BCUT2D eigenvalue weighted by Crippen LogP contribution is 2.40. The molecular formula is C33H34N6O3. The minimum Gasteiger partial charge on any atom is -0.508 e. The highest BCUT2D eigenvalue weighted by Gasteiger charge is 2.47. The summed E-state index contributed by atoms with van der Waals surface area (Å²) in [6.07, 6.45) is 4.49. The number of aryl methyl sites for hydroxylation is 1. The minimum absolute atomic E-state index is 0.00106. The molecule has 3 fully saturated rings. The van der Waals surface area contributed by atoms with E-state index in [1.54, 1.807) is 19.2 Å². The summed E-state index contributed by atoms with van der Waals surface area (Å²) in [7, 11) is 3.64. The molecule has 2 saturated carbocycles. The Hall–Kier alpha value is -4.37. The molecule has 9 heteroatoms. The van der Waals surface area contributed by atoms with Crippen LogP contribution < -0.4 is 10.5 Å². The molecule has 0 spiro atoms. The third-order valence-electron chi connectivity index (χ3n) is 9.59. The molecule has 3 aromatic heterocycles. The van der Waals surface area contributed by atoms with Gasteiger partial charge in [0.15, 0.2) is 5.82 Å². The number of nitrogens with zero attached hydrogens (tertiary/aromatic N) is 5. The van der Waals surface area contributed by atoms with Crippen molar-refractivity contribution >= 4 is 28.0 Å². The van der Waals surface area contributed by atoms with Crippen molar-refractivity contribution in [3.8, 4) is 34.3 Å². The van der Waals surface area contributed by atoms with Crippen LogP contribution in [0.25, 0.3) is 44.8 Å². The molecule has 3 aliphatic rings. The van der Waals surface area contributed by atoms with E-state index in [0.29, 0.717) is 23.1 Å². The van der Waals surface area contributed by atoms with Crippen LogP contribution in [0.15, 0.2) is 54.6 Å². The van der Waals surface area contributed by atoms with Gasteiger partial charge in [0, 0.05) is 48.7 Å². The third kappa shape index (κ3) is 3.90. The number of carbonyl (C=O) groups excluding carboxylic acids is 1. The van der Waals surface area contributed by atoms with E-state index < -0.39 is 0 Å². The van der Waals surface area contributed by atoms with E-state index in [9.17, 15) is 9.90 Å². The average molecular weight is 563 g/mol. The summed E-state index contributed by atoms with van der Waals surface area (Å²) < 4.78 is 10.2. The number of imidazole rings is 1. The number of phenolic OH excluding ortho intramolecular Hbond substituents is 1. The number of benzene rings is 2. The number of hydrogen-bond acceptors (Lipinski definition) is 6. The number of likely N-dealkylation sites (tertiary alicyclic amines) is 1. The van der Waals surface area contributed by atoms with Crippen molar-refractivity contribution in [2.45, 2.75) is 44.3 Å². The zero-order chi connectivity index (χ0) is 28.7. The Morgan fingerprint density at radius 2 is 1.86 bits per heavy atom. The van der Waals surface area contributed by atoms with Crippen LogP contribution in [0.4, 0.5) is 0 Å². The Bertz CT molecular complexity index is 1870. The van der Waals surface area contributed by atoms with Crippen LogP contribution in [0.2, 0.25) is 0 Å². The zero-order valence-corrected chi connectivity index (χ0v) is 23.8. The van der Waals surface area contributed by atoms with Crippen molar-refractivity contribution in [3.63, 3.8) is 0 Å². The van der Waals surface area contributed by atoms with Crippen molar-refractivity contribution in [1.29, 1.82) is 0 Å². The van der Waals surface area contributed by atoms with Gasteiger partial charge in [-0.15, -0.1) is 0 Å². The fourth-order valence-electron chi connectivity index (χ4n) is 7.12. The lowest BCUT2D eigenvalue weighted by Crippen LogP contribution is -2.41. The second-order valence-corrected chi connectivity index (χ2v) is 12.2. The molecule has 1 amide bonds. The lowest BCUT2D eigenvalue weighted by molar-refractivity contribution is 0.0700. The number of pyridine rings is 1. The second kappa shape index (κ2) is 9.32. The second-order valence-electron chi connectivity index (χ2n) is 12.2. The maximum absolute atomic E-state index is 13.7. The number of hydrogen-bond donors (Lipinski definition) is 2. The van der Waals surface area contributed by atoms with Crippen LogP contribution in [0.1, 0.15) is 36.0 Å². The predicted octanol–water partition coefficient (Wildman–Crippen LogP) is 4.94. The lowest BCUT2D eigenvalue weighted by Gasteiger charge is -2.27. The Labute approximate surface area is 243 Å². The Kier molecular flexibility index (Phi) is 5.63. The quantitative estimate of drug-likeness (QED) is 0.303. The van der Waals surface area contributed by atoms with Crippen molar-refractivity contribution in [2.24, 2.45) is 24.6 Å². The molecule has 42 heavy (non-hydrogen) atoms. The number of aromatic hydroxyl groups is 1. The standard InChI is InChI=1S/C33H34N6O3/c1-37-30-25(13-22(15-28(30)42-2)33(41)39-17-21-8-12-26(39)29(21)34)36-32(37)27-14-20-7-11-24(19-5-9-23(40)10-6-19)35-31(20)38(27)16-18-3-4-18/h5-7,9-11,13-15,18,21,26,29,40H,3-4,8,12,16-17,34H2,1-2H3/t21-,26-,29-/m1/s1. The van der Waals surface area contributed by atoms with Gasteiger partial charge in [0.1, 0.15) is 22.7 Å². The summed E-state index contributed by atoms with van der Waals surface area (Å²) >= 11 is 0. The summed E-state index contributed by atoms with van der Waals surface area (Å²) in [5.74, 6) is 2.68. The fourth-order valence-corrected chi connectivity index (χ4v) is 7.12. The maximum Gasteiger partial charge on any atom is 0.254 e. The molecule has 1 saturated heterocycles. The van der Waals surface area contributed by atoms with E-state index in [2.05, 4.69) is 21.3 Å². The molecule has 2 aromatic carbocycles. The third-order valence-corrected chi connectivity index (χ3v) is 9.59. The van der Waals surface area contributed by atoms with Gasteiger partial charge in [-0.05, 0) is 92.1 Å². The van der Waals surface area contributed by atoms with Gasteiger partial charge in [0.2, 0.25) is 0 Å². The highest BCUT2D eigenvalue weighted by molar-refractivity contribution is 6.00. The van der Waals surface area contributed by atoms with Crippen molar-refractivity contribution < 1.29 is 14.6 Å². The van der Waals surface area contributed by atoms with Crippen LogP contribution in [0, 0.1) is 11.8 Å². The number of nitrogens with two attached hydrogens (primary N) is 1. The number of piperidine rings is 1. The van der Waals surface area contributed by atoms with Crippen molar-refractivity contribution in [1.82, 2.24) is 24.0 Å². The molecule has 1 aliphatic heterocycles. The number of methoxy groups -OCH3 is 1. The van der Waals surface area contributed by atoms with Gasteiger partial charge in [-0.25, -0.2) is 9.97 Å². The number of amides is 1. The van der Waals surface area contributed by atoms with Crippen LogP contribution in [-0.4, -0.2) is 60.8 Å². The molecule has 9 nitrogen and oxygen atoms in total. The van der Waals surface area contributed by atoms with E-state index in [-0.39, 0.29) is 23.7 Å². The van der Waals surface area contributed by atoms with Gasteiger partial charge < -0.3 is 29.6 Å². The van der Waals surface area contributed by atoms with Gasteiger partial charge in [0.05, 0.1) is 24.0 Å². The summed E-state index contributed by atoms with van der Waals surface area (Å²) in [6, 6.07) is 17.3. The maximum atomic E-state index is 13.7. The normalized spacial score (nSPS) is 21.6. The molecule has 3 N–H and O–H groups in total. The topological polar surface area (TPSA) is 111 Å². The van der Waals surface area contributed by atoms with Crippen molar-refractivity contribution in [3.05, 3.63) is 60.2 Å². The molecule has 2 bridgehead atoms. The van der Waals surface area contributed by atoms with Crippen LogP contribution >= 0.6 is 0 Å². The van der Waals surface area contributed by atoms with E-state index in [1.807, 2.05) is 42.3 Å². The number of carbonyl (C=O) groups is 1. The van der Waals surface area contributed by atoms with Gasteiger partial charge in [0.25, 0.3) is 5.91 Å². The monoisotopic (exact) mass is 562 g/mol. The predicted molar refractivity (Wildman–Crippen MR) is 161 cm³/mol. The van der Waals surface area contributed by atoms with Gasteiger partial charge in [-0.2, -0.15) is 0 Å². The number of aromatic nitrogens is 4. The number of fused-ring (bicyclic) bond motifs is 4. The van der Waals surface area contributed by atoms with E-state index in [4.69, 9.17) is 20.4 Å². The molecule has 3 atom stereocenters. The Balaban J connectivity index is 1.24. The summed E-state index contributed by atoms with van der Waals surface area (Å²) in [5.41, 5.74) is 12.3. The SMILES string of the molecule is COc1cc(C(=O)N2C[C@H]3CC[C@@H]2[C@@H]3N)cc2nc(-c3cc4ccc(-c5ccc(O)cc5)nc4n3CC3CC3)n(C)c12. The summed E-state index contributed by atoms with van der Waals surface area (Å²) in [4.78, 5) is 25.8. The number of phenols is 1. The molecule has 4 heterocycles. The van der Waals surface area contributed by atoms with Gasteiger partial charge in [-0.3, -0.25) is 4.79 Å². The van der Waals surface area contributed by atoms with Crippen LogP contribution in [0.3, 0.4) is 0 Å². The molecule has 214 valence electrons. The molecular weight excluding hydrogens is 528 g/mol. The first-order valence-electron chi connectivity index (χ1n) is 14.8. The number of rotatable bonds is 6. The molecule has 8 rings (SSSR count). The smallest absolute Gasteiger partial charge is 0.254 e. The van der Waals surface area contributed by atoms with E-state index in [1.165, 1.54) is 12.8 Å². The van der Waals surface area contributed by atoms with Crippen LogP contribution in [0.5, 0.6) is 11.5 Å². The first-order valence-corrected chi connectivity index (χ1v) is 14.8. The van der Waals surface area contributed by atoms with E-state index in [0.717, 1.165) is 70.8 Å². The minimum atomic E-state index is -0.00106. The molecule has 2 aliphatic carbocycles. The van der Waals surface area contributed by atoms with E-state index >= 15 is 0 Å². The van der Waals surface area contributed by atoms with Crippen molar-refractivity contribution in [2.75, 3.05) is 13.7 Å². The first-order chi connectivity index (χ1) is 20.4. The summed E-state index contributed by atoms with van der Waals surface area (Å²) in [6.45, 7) is 1.59.